The van der Waals surface area contributed by atoms with Crippen molar-refractivity contribution < 1.29 is 9.13 Å². The summed E-state index contributed by atoms with van der Waals surface area (Å²) in [6.45, 7) is 1.77. The first-order valence-corrected chi connectivity index (χ1v) is 6.92. The predicted octanol–water partition coefficient (Wildman–Crippen LogP) is 3.32. The third kappa shape index (κ3) is 3.06. The molecule has 3 rings (SSSR count). The third-order valence-corrected chi connectivity index (χ3v) is 3.47. The van der Waals surface area contributed by atoms with Crippen LogP contribution in [0.2, 0.25) is 0 Å². The van der Waals surface area contributed by atoms with Crippen molar-refractivity contribution in [2.24, 2.45) is 5.73 Å². The first kappa shape index (κ1) is 13.6. The van der Waals surface area contributed by atoms with Crippen molar-refractivity contribution in [2.75, 3.05) is 6.61 Å². The van der Waals surface area contributed by atoms with Crippen LogP contribution >= 0.6 is 0 Å². The number of ether oxygens (including phenoxy) is 1. The maximum absolute atomic E-state index is 13.1. The topological polar surface area (TPSA) is 40.2 Å². The average molecular weight is 284 g/mol. The lowest BCUT2D eigenvalue weighted by atomic mass is 10.2. The summed E-state index contributed by atoms with van der Waals surface area (Å²) in [5.74, 6) is 0.607. The van der Waals surface area contributed by atoms with Gasteiger partial charge in [-0.15, -0.1) is 0 Å². The quantitative estimate of drug-likeness (QED) is 0.780. The maximum atomic E-state index is 13.1. The second-order valence-electron chi connectivity index (χ2n) is 4.91. The van der Waals surface area contributed by atoms with Crippen molar-refractivity contribution in [3.05, 3.63) is 66.1 Å². The van der Waals surface area contributed by atoms with Gasteiger partial charge in [0.05, 0.1) is 6.54 Å². The lowest BCUT2D eigenvalue weighted by Crippen LogP contribution is -2.07. The van der Waals surface area contributed by atoms with Gasteiger partial charge in [0.15, 0.2) is 0 Å². The van der Waals surface area contributed by atoms with E-state index in [1.54, 1.807) is 6.07 Å². The highest BCUT2D eigenvalue weighted by Gasteiger charge is 2.02. The van der Waals surface area contributed by atoms with Crippen LogP contribution in [0.15, 0.2) is 54.7 Å². The lowest BCUT2D eigenvalue weighted by molar-refractivity contribution is 0.300. The Balaban J connectivity index is 1.66. The van der Waals surface area contributed by atoms with Crippen molar-refractivity contribution in [3.8, 4) is 5.75 Å². The van der Waals surface area contributed by atoms with Crippen molar-refractivity contribution in [3.63, 3.8) is 0 Å². The molecule has 0 saturated heterocycles. The lowest BCUT2D eigenvalue weighted by Gasteiger charge is -2.09. The molecule has 0 fully saturated rings. The molecule has 4 heteroatoms. The van der Waals surface area contributed by atoms with E-state index in [1.807, 2.05) is 36.5 Å². The van der Waals surface area contributed by atoms with Crippen LogP contribution in [0.25, 0.3) is 10.9 Å². The van der Waals surface area contributed by atoms with Gasteiger partial charge in [0.25, 0.3) is 0 Å². The van der Waals surface area contributed by atoms with Gasteiger partial charge in [0.2, 0.25) is 0 Å². The molecule has 0 aliphatic carbocycles. The Kier molecular flexibility index (Phi) is 3.88. The van der Waals surface area contributed by atoms with E-state index in [1.165, 1.54) is 12.1 Å². The second kappa shape index (κ2) is 5.97. The maximum Gasteiger partial charge on any atom is 0.123 e. The molecule has 0 amide bonds. The highest BCUT2D eigenvalue weighted by Crippen LogP contribution is 2.17. The van der Waals surface area contributed by atoms with Crippen molar-refractivity contribution in [1.29, 1.82) is 0 Å². The Bertz CT molecular complexity index is 751. The molecule has 0 spiro atoms. The van der Waals surface area contributed by atoms with Gasteiger partial charge in [0.1, 0.15) is 18.2 Å². The summed E-state index contributed by atoms with van der Waals surface area (Å²) in [5, 5.41) is 0.903. The molecule has 21 heavy (non-hydrogen) atoms. The van der Waals surface area contributed by atoms with Gasteiger partial charge >= 0.3 is 0 Å². The standard InChI is InChI=1S/C17H17FN2O/c18-15-4-5-17-14(11-15)6-7-20(17)8-9-21-16-3-1-2-13(10-16)12-19/h1-7,10-11H,8-9,12,19H2. The van der Waals surface area contributed by atoms with Gasteiger partial charge in [-0.2, -0.15) is 0 Å². The van der Waals surface area contributed by atoms with Crippen molar-refractivity contribution in [1.82, 2.24) is 4.57 Å². The highest BCUT2D eigenvalue weighted by molar-refractivity contribution is 5.80. The largest absolute Gasteiger partial charge is 0.492 e. The van der Waals surface area contributed by atoms with E-state index in [0.717, 1.165) is 22.2 Å². The van der Waals surface area contributed by atoms with Crippen LogP contribution in [-0.2, 0) is 13.1 Å². The molecule has 0 unspecified atom stereocenters. The van der Waals surface area contributed by atoms with Crippen LogP contribution in [0.5, 0.6) is 5.75 Å². The second-order valence-corrected chi connectivity index (χ2v) is 4.91. The molecule has 2 N–H and O–H groups in total. The monoisotopic (exact) mass is 284 g/mol. The van der Waals surface area contributed by atoms with Crippen LogP contribution < -0.4 is 10.5 Å². The Hall–Kier alpha value is -2.33. The van der Waals surface area contributed by atoms with Crippen LogP contribution in [0.1, 0.15) is 5.56 Å². The average Bonchev–Trinajstić information content (AvgIpc) is 2.90. The van der Waals surface area contributed by atoms with E-state index >= 15 is 0 Å². The molecule has 3 nitrogen and oxygen atoms in total. The van der Waals surface area contributed by atoms with Crippen LogP contribution in [0, 0.1) is 5.82 Å². The Morgan fingerprint density at radius 1 is 1.10 bits per heavy atom. The smallest absolute Gasteiger partial charge is 0.123 e. The fourth-order valence-electron chi connectivity index (χ4n) is 2.39. The molecular weight excluding hydrogens is 267 g/mol. The van der Waals surface area contributed by atoms with Crippen LogP contribution in [0.3, 0.4) is 0 Å². The first-order chi connectivity index (χ1) is 10.3. The molecule has 0 atom stereocenters. The molecule has 1 aromatic heterocycles. The minimum atomic E-state index is -0.213. The van der Waals surface area contributed by atoms with Crippen molar-refractivity contribution >= 4 is 10.9 Å². The minimum absolute atomic E-state index is 0.213. The number of aromatic nitrogens is 1. The van der Waals surface area contributed by atoms with Crippen LogP contribution in [0.4, 0.5) is 4.39 Å². The zero-order valence-corrected chi connectivity index (χ0v) is 11.6. The first-order valence-electron chi connectivity index (χ1n) is 6.92. The number of hydrogen-bond acceptors (Lipinski definition) is 2. The summed E-state index contributed by atoms with van der Waals surface area (Å²) in [7, 11) is 0. The number of nitrogens with two attached hydrogens (primary N) is 1. The van der Waals surface area contributed by atoms with E-state index in [0.29, 0.717) is 19.7 Å². The number of halogens is 1. The van der Waals surface area contributed by atoms with E-state index in [-0.39, 0.29) is 5.82 Å². The predicted molar refractivity (Wildman–Crippen MR) is 81.7 cm³/mol. The van der Waals surface area contributed by atoms with Gasteiger partial charge in [-0.1, -0.05) is 12.1 Å². The third-order valence-electron chi connectivity index (χ3n) is 3.47. The zero-order valence-electron chi connectivity index (χ0n) is 11.6. The molecule has 0 saturated carbocycles. The Labute approximate surface area is 122 Å². The van der Waals surface area contributed by atoms with Gasteiger partial charge in [0, 0.05) is 23.6 Å². The minimum Gasteiger partial charge on any atom is -0.492 e. The normalized spacial score (nSPS) is 11.0. The molecule has 0 radical (unpaired) electrons. The number of benzene rings is 2. The number of hydrogen-bond donors (Lipinski definition) is 1. The summed E-state index contributed by atoms with van der Waals surface area (Å²) >= 11 is 0. The molecule has 1 heterocycles. The highest BCUT2D eigenvalue weighted by atomic mass is 19.1. The molecular formula is C17H17FN2O. The molecule has 0 bridgehead atoms. The van der Waals surface area contributed by atoms with E-state index in [9.17, 15) is 4.39 Å². The summed E-state index contributed by atoms with van der Waals surface area (Å²) in [6, 6.07) is 14.5. The number of rotatable bonds is 5. The number of fused-ring (bicyclic) bond motifs is 1. The summed E-state index contributed by atoms with van der Waals surface area (Å²) in [5.41, 5.74) is 7.67. The fourth-order valence-corrected chi connectivity index (χ4v) is 2.39. The molecule has 2 aromatic carbocycles. The van der Waals surface area contributed by atoms with Gasteiger partial charge < -0.3 is 15.0 Å². The fraction of sp³-hybridized carbons (Fsp3) is 0.176. The summed E-state index contributed by atoms with van der Waals surface area (Å²) in [4.78, 5) is 0. The molecule has 0 aliphatic rings. The molecule has 0 aliphatic heterocycles. The van der Waals surface area contributed by atoms with Gasteiger partial charge in [-0.3, -0.25) is 0 Å². The molecule has 108 valence electrons. The zero-order chi connectivity index (χ0) is 14.7. The van der Waals surface area contributed by atoms with E-state index < -0.39 is 0 Å². The Morgan fingerprint density at radius 2 is 2.00 bits per heavy atom. The van der Waals surface area contributed by atoms with Gasteiger partial charge in [-0.25, -0.2) is 4.39 Å². The Morgan fingerprint density at radius 3 is 2.86 bits per heavy atom. The SMILES string of the molecule is NCc1cccc(OCCn2ccc3cc(F)ccc32)c1. The van der Waals surface area contributed by atoms with Crippen molar-refractivity contribution in [2.45, 2.75) is 13.1 Å². The summed E-state index contributed by atoms with van der Waals surface area (Å²) < 4.78 is 20.9. The number of nitrogens with zero attached hydrogens (tertiary/aromatic N) is 1. The van der Waals surface area contributed by atoms with Crippen LogP contribution in [-0.4, -0.2) is 11.2 Å². The van der Waals surface area contributed by atoms with Gasteiger partial charge in [-0.05, 0) is 42.0 Å². The summed E-state index contributed by atoms with van der Waals surface area (Å²) in [6.07, 6.45) is 1.95. The van der Waals surface area contributed by atoms with E-state index in [2.05, 4.69) is 4.57 Å². The van der Waals surface area contributed by atoms with E-state index in [4.69, 9.17) is 10.5 Å². The molecule has 3 aromatic rings.